The van der Waals surface area contributed by atoms with Crippen LogP contribution in [0.2, 0.25) is 0 Å². The van der Waals surface area contributed by atoms with Crippen LogP contribution in [0.4, 0.5) is 11.4 Å². The molecule has 0 unspecified atom stereocenters. The molecule has 2 rings (SSSR count). The van der Waals surface area contributed by atoms with Crippen molar-refractivity contribution < 1.29 is 0 Å². The molecule has 0 bridgehead atoms. The number of nitrogens with one attached hydrogen (secondary N) is 1. The molecule has 15 heavy (non-hydrogen) atoms. The number of nitrogens with zero attached hydrogens (tertiary/aromatic N) is 2. The zero-order valence-corrected chi connectivity index (χ0v) is 10.1. The molecule has 0 radical (unpaired) electrons. The van der Waals surface area contributed by atoms with Crippen LogP contribution in [0.5, 0.6) is 0 Å². The summed E-state index contributed by atoms with van der Waals surface area (Å²) in [7, 11) is 0. The molecule has 5 heteroatoms. The van der Waals surface area contributed by atoms with Crippen LogP contribution in [0, 0.1) is 0 Å². The van der Waals surface area contributed by atoms with E-state index < -0.39 is 0 Å². The second-order valence-electron chi connectivity index (χ2n) is 3.75. The Kier molecular flexibility index (Phi) is 3.43. The minimum atomic E-state index is 0.676. The number of hydrogen-bond donors (Lipinski definition) is 2. The van der Waals surface area contributed by atoms with Gasteiger partial charge in [0.2, 0.25) is 0 Å². The summed E-state index contributed by atoms with van der Waals surface area (Å²) in [5, 5.41) is 2.21. The molecule has 1 aliphatic rings. The predicted octanol–water partition coefficient (Wildman–Crippen LogP) is 2.24. The normalized spacial score (nSPS) is 17.7. The molecule has 4 nitrogen and oxygen atoms in total. The first-order valence-electron chi connectivity index (χ1n) is 5.18. The summed E-state index contributed by atoms with van der Waals surface area (Å²) < 4.78 is 0.910. The standard InChI is InChI=1S/C10H15BrN4/c11-8-6-13-7-9(12)10(8)14-15-4-2-1-3-5-15/h6-7H,1-5,12H2,(H,13,14). The van der Waals surface area contributed by atoms with Crippen molar-refractivity contribution in [2.24, 2.45) is 0 Å². The van der Waals surface area contributed by atoms with E-state index in [1.54, 1.807) is 12.4 Å². The molecule has 1 saturated heterocycles. The molecular weight excluding hydrogens is 256 g/mol. The smallest absolute Gasteiger partial charge is 0.0895 e. The molecule has 0 amide bonds. The molecule has 1 aliphatic heterocycles. The number of hydrazine groups is 1. The third kappa shape index (κ3) is 2.60. The Bertz CT molecular complexity index is 316. The first-order chi connectivity index (χ1) is 7.27. The lowest BCUT2D eigenvalue weighted by atomic mass is 10.2. The Morgan fingerprint density at radius 2 is 2.00 bits per heavy atom. The molecular formula is C10H15BrN4. The number of hydrogen-bond acceptors (Lipinski definition) is 4. The number of aromatic nitrogens is 1. The van der Waals surface area contributed by atoms with Gasteiger partial charge < -0.3 is 11.2 Å². The first-order valence-corrected chi connectivity index (χ1v) is 5.97. The molecule has 3 N–H and O–H groups in total. The van der Waals surface area contributed by atoms with Gasteiger partial charge in [-0.3, -0.25) is 4.98 Å². The molecule has 0 aromatic carbocycles. The number of rotatable bonds is 2. The molecule has 1 fully saturated rings. The van der Waals surface area contributed by atoms with E-state index >= 15 is 0 Å². The number of anilines is 2. The highest BCUT2D eigenvalue weighted by atomic mass is 79.9. The zero-order chi connectivity index (χ0) is 10.7. The van der Waals surface area contributed by atoms with E-state index in [-0.39, 0.29) is 0 Å². The van der Waals surface area contributed by atoms with Gasteiger partial charge in [-0.2, -0.15) is 0 Å². The van der Waals surface area contributed by atoms with E-state index in [2.05, 4.69) is 31.3 Å². The summed E-state index contributed by atoms with van der Waals surface area (Å²) in [5.74, 6) is 0. The fourth-order valence-electron chi connectivity index (χ4n) is 1.73. The zero-order valence-electron chi connectivity index (χ0n) is 8.54. The fraction of sp³-hybridized carbons (Fsp3) is 0.500. The van der Waals surface area contributed by atoms with E-state index in [1.165, 1.54) is 19.3 Å². The second-order valence-corrected chi connectivity index (χ2v) is 4.60. The van der Waals surface area contributed by atoms with Gasteiger partial charge in [0.15, 0.2) is 0 Å². The average molecular weight is 271 g/mol. The highest BCUT2D eigenvalue weighted by molar-refractivity contribution is 9.10. The fourth-order valence-corrected chi connectivity index (χ4v) is 2.17. The number of pyridine rings is 1. The molecule has 0 spiro atoms. The number of nitrogen functional groups attached to an aromatic ring is 1. The monoisotopic (exact) mass is 270 g/mol. The van der Waals surface area contributed by atoms with Crippen molar-refractivity contribution in [3.8, 4) is 0 Å². The molecule has 1 aromatic heterocycles. The van der Waals surface area contributed by atoms with Crippen LogP contribution in [-0.2, 0) is 0 Å². The topological polar surface area (TPSA) is 54.2 Å². The summed E-state index contributed by atoms with van der Waals surface area (Å²) in [6, 6.07) is 0. The van der Waals surface area contributed by atoms with Gasteiger partial charge in [0.05, 0.1) is 22.0 Å². The van der Waals surface area contributed by atoms with Crippen LogP contribution >= 0.6 is 15.9 Å². The van der Waals surface area contributed by atoms with Gasteiger partial charge in [-0.05, 0) is 28.8 Å². The molecule has 0 atom stereocenters. The maximum Gasteiger partial charge on any atom is 0.0895 e. The maximum atomic E-state index is 5.86. The minimum Gasteiger partial charge on any atom is -0.396 e. The van der Waals surface area contributed by atoms with Gasteiger partial charge in [-0.15, -0.1) is 0 Å². The van der Waals surface area contributed by atoms with Crippen LogP contribution in [0.15, 0.2) is 16.9 Å². The van der Waals surface area contributed by atoms with Crippen molar-refractivity contribution in [2.45, 2.75) is 19.3 Å². The lowest BCUT2D eigenvalue weighted by molar-refractivity contribution is 0.273. The van der Waals surface area contributed by atoms with Crippen molar-refractivity contribution >= 4 is 27.3 Å². The SMILES string of the molecule is Nc1cncc(Br)c1NN1CCCCC1. The van der Waals surface area contributed by atoms with Crippen molar-refractivity contribution in [3.63, 3.8) is 0 Å². The first kappa shape index (κ1) is 10.7. The number of piperidine rings is 1. The van der Waals surface area contributed by atoms with Crippen molar-refractivity contribution in [2.75, 3.05) is 24.2 Å². The molecule has 2 heterocycles. The predicted molar refractivity (Wildman–Crippen MR) is 65.4 cm³/mol. The largest absolute Gasteiger partial charge is 0.396 e. The molecule has 0 saturated carbocycles. The Labute approximate surface area is 98.0 Å². The lowest BCUT2D eigenvalue weighted by Crippen LogP contribution is -2.35. The van der Waals surface area contributed by atoms with Gasteiger partial charge in [0, 0.05) is 19.3 Å². The summed E-state index contributed by atoms with van der Waals surface area (Å²) in [6.07, 6.45) is 7.23. The Morgan fingerprint density at radius 1 is 1.27 bits per heavy atom. The Hall–Kier alpha value is -0.810. The number of halogens is 1. The van der Waals surface area contributed by atoms with Crippen molar-refractivity contribution in [3.05, 3.63) is 16.9 Å². The average Bonchev–Trinajstić information content (AvgIpc) is 2.25. The van der Waals surface area contributed by atoms with Crippen LogP contribution in [0.1, 0.15) is 19.3 Å². The lowest BCUT2D eigenvalue weighted by Gasteiger charge is -2.28. The summed E-state index contributed by atoms with van der Waals surface area (Å²) in [5.41, 5.74) is 10.8. The highest BCUT2D eigenvalue weighted by Gasteiger charge is 2.12. The van der Waals surface area contributed by atoms with E-state index in [1.807, 2.05) is 0 Å². The van der Waals surface area contributed by atoms with E-state index in [4.69, 9.17) is 5.73 Å². The van der Waals surface area contributed by atoms with Crippen LogP contribution < -0.4 is 11.2 Å². The van der Waals surface area contributed by atoms with E-state index in [9.17, 15) is 0 Å². The quantitative estimate of drug-likeness (QED) is 0.866. The minimum absolute atomic E-state index is 0.676. The molecule has 82 valence electrons. The third-order valence-corrected chi connectivity index (χ3v) is 3.16. The van der Waals surface area contributed by atoms with Crippen molar-refractivity contribution in [1.82, 2.24) is 9.99 Å². The van der Waals surface area contributed by atoms with E-state index in [0.717, 1.165) is 23.2 Å². The summed E-state index contributed by atoms with van der Waals surface area (Å²) >= 11 is 3.44. The van der Waals surface area contributed by atoms with Gasteiger partial charge in [-0.1, -0.05) is 6.42 Å². The van der Waals surface area contributed by atoms with E-state index in [0.29, 0.717) is 5.69 Å². The Balaban J connectivity index is 2.09. The van der Waals surface area contributed by atoms with Gasteiger partial charge in [0.1, 0.15) is 0 Å². The number of nitrogens with two attached hydrogens (primary N) is 1. The van der Waals surface area contributed by atoms with Crippen LogP contribution in [0.3, 0.4) is 0 Å². The Morgan fingerprint density at radius 3 is 2.67 bits per heavy atom. The summed E-state index contributed by atoms with van der Waals surface area (Å²) in [4.78, 5) is 4.01. The second kappa shape index (κ2) is 4.81. The van der Waals surface area contributed by atoms with Gasteiger partial charge in [0.25, 0.3) is 0 Å². The third-order valence-electron chi connectivity index (χ3n) is 2.55. The summed E-state index contributed by atoms with van der Waals surface area (Å²) in [6.45, 7) is 2.16. The highest BCUT2D eigenvalue weighted by Crippen LogP contribution is 2.28. The van der Waals surface area contributed by atoms with Gasteiger partial charge >= 0.3 is 0 Å². The maximum absolute atomic E-state index is 5.86. The molecule has 1 aromatic rings. The van der Waals surface area contributed by atoms with Crippen molar-refractivity contribution in [1.29, 1.82) is 0 Å². The van der Waals surface area contributed by atoms with Crippen LogP contribution in [-0.4, -0.2) is 23.1 Å². The molecule has 0 aliphatic carbocycles. The van der Waals surface area contributed by atoms with Gasteiger partial charge in [-0.25, -0.2) is 5.01 Å². The van der Waals surface area contributed by atoms with Crippen LogP contribution in [0.25, 0.3) is 0 Å².